The SMILES string of the molecule is COC12CCC3(CC1C(C)(O)C(C)(C)C)C1Cc4ccc(C)c5c4C3(CCN1CC1CC1)C2O5. The molecule has 1 aromatic rings. The summed E-state index contributed by atoms with van der Waals surface area (Å²) in [7, 11) is 1.89. The van der Waals surface area contributed by atoms with Gasteiger partial charge in [0.05, 0.1) is 5.60 Å². The van der Waals surface area contributed by atoms with Crippen LogP contribution in [0.5, 0.6) is 5.75 Å². The Kier molecular flexibility index (Phi) is 4.18. The molecule has 2 heterocycles. The predicted molar refractivity (Wildman–Crippen MR) is 133 cm³/mol. The molecule has 1 aromatic carbocycles. The van der Waals surface area contributed by atoms with Gasteiger partial charge in [0.25, 0.3) is 0 Å². The van der Waals surface area contributed by atoms with Crippen LogP contribution in [0.4, 0.5) is 0 Å². The number of aryl methyl sites for hydroxylation is 1. The van der Waals surface area contributed by atoms with Crippen LogP contribution in [0.1, 0.15) is 82.9 Å². The van der Waals surface area contributed by atoms with Crippen LogP contribution in [-0.4, -0.2) is 53.6 Å². The number of methoxy groups -OCH3 is 1. The zero-order valence-corrected chi connectivity index (χ0v) is 22.0. The van der Waals surface area contributed by atoms with E-state index in [9.17, 15) is 5.11 Å². The van der Waals surface area contributed by atoms with E-state index in [4.69, 9.17) is 9.47 Å². The largest absolute Gasteiger partial charge is 0.486 e. The van der Waals surface area contributed by atoms with Crippen LogP contribution in [0.3, 0.4) is 0 Å². The third-order valence-electron chi connectivity index (χ3n) is 12.1. The number of rotatable bonds is 4. The van der Waals surface area contributed by atoms with Gasteiger partial charge in [-0.15, -0.1) is 0 Å². The molecule has 5 fully saturated rings. The van der Waals surface area contributed by atoms with Crippen molar-refractivity contribution in [3.05, 3.63) is 28.8 Å². The van der Waals surface area contributed by atoms with Crippen LogP contribution in [0.15, 0.2) is 12.1 Å². The summed E-state index contributed by atoms with van der Waals surface area (Å²) < 4.78 is 13.8. The highest BCUT2D eigenvalue weighted by molar-refractivity contribution is 5.61. The summed E-state index contributed by atoms with van der Waals surface area (Å²) in [5.41, 5.74) is 2.95. The Hall–Kier alpha value is -1.10. The first-order valence-electron chi connectivity index (χ1n) is 13.8. The van der Waals surface area contributed by atoms with Gasteiger partial charge in [-0.25, -0.2) is 0 Å². The maximum absolute atomic E-state index is 12.2. The van der Waals surface area contributed by atoms with Gasteiger partial charge >= 0.3 is 0 Å². The fourth-order valence-corrected chi connectivity index (χ4v) is 9.73. The normalized spacial score (nSPS) is 43.9. The first-order chi connectivity index (χ1) is 16.0. The van der Waals surface area contributed by atoms with Gasteiger partial charge in [0, 0.05) is 42.0 Å². The fraction of sp³-hybridized carbons (Fsp3) is 0.800. The Morgan fingerprint density at radius 2 is 1.91 bits per heavy atom. The minimum absolute atomic E-state index is 0.00736. The van der Waals surface area contributed by atoms with Gasteiger partial charge in [0.1, 0.15) is 17.5 Å². The smallest absolute Gasteiger partial charge is 0.138 e. The number of likely N-dealkylation sites (tertiary alicyclic amines) is 1. The van der Waals surface area contributed by atoms with E-state index in [1.54, 1.807) is 0 Å². The lowest BCUT2D eigenvalue weighted by atomic mass is 9.33. The van der Waals surface area contributed by atoms with Crippen molar-refractivity contribution in [1.29, 1.82) is 0 Å². The van der Waals surface area contributed by atoms with Crippen molar-refractivity contribution in [1.82, 2.24) is 4.90 Å². The Morgan fingerprint density at radius 3 is 2.59 bits per heavy atom. The molecule has 1 saturated heterocycles. The molecule has 7 unspecified atom stereocenters. The van der Waals surface area contributed by atoms with Crippen LogP contribution in [0, 0.1) is 29.6 Å². The lowest BCUT2D eigenvalue weighted by Gasteiger charge is -2.75. The van der Waals surface area contributed by atoms with Crippen molar-refractivity contribution >= 4 is 0 Å². The number of benzene rings is 1. The van der Waals surface area contributed by atoms with E-state index in [-0.39, 0.29) is 28.3 Å². The van der Waals surface area contributed by atoms with E-state index in [1.807, 2.05) is 7.11 Å². The molecule has 7 aliphatic rings. The molecule has 2 spiro atoms. The maximum atomic E-state index is 12.2. The molecule has 4 saturated carbocycles. The Balaban J connectivity index is 1.47. The van der Waals surface area contributed by atoms with Gasteiger partial charge in [-0.2, -0.15) is 0 Å². The molecule has 0 aromatic heterocycles. The molecular weight excluding hydrogens is 422 g/mol. The molecule has 8 rings (SSSR count). The predicted octanol–water partition coefficient (Wildman–Crippen LogP) is 5.02. The quantitative estimate of drug-likeness (QED) is 0.678. The average Bonchev–Trinajstić information content (AvgIpc) is 3.53. The Morgan fingerprint density at radius 1 is 1.15 bits per heavy atom. The van der Waals surface area contributed by atoms with Gasteiger partial charge in [-0.3, -0.25) is 4.90 Å². The van der Waals surface area contributed by atoms with E-state index >= 15 is 0 Å². The second-order valence-electron chi connectivity index (χ2n) is 14.1. The summed E-state index contributed by atoms with van der Waals surface area (Å²) in [6, 6.07) is 5.24. The van der Waals surface area contributed by atoms with E-state index in [0.29, 0.717) is 6.04 Å². The summed E-state index contributed by atoms with van der Waals surface area (Å²) in [6.07, 6.45) is 8.33. The van der Waals surface area contributed by atoms with Gasteiger partial charge in [0.2, 0.25) is 0 Å². The number of piperidine rings is 1. The molecule has 2 aliphatic heterocycles. The maximum Gasteiger partial charge on any atom is 0.138 e. The lowest BCUT2D eigenvalue weighted by molar-refractivity contribution is -0.312. The van der Waals surface area contributed by atoms with Crippen molar-refractivity contribution in [3.8, 4) is 5.75 Å². The molecule has 1 N–H and O–H groups in total. The fourth-order valence-electron chi connectivity index (χ4n) is 9.73. The first-order valence-corrected chi connectivity index (χ1v) is 13.8. The topological polar surface area (TPSA) is 41.9 Å². The van der Waals surface area contributed by atoms with Gasteiger partial charge < -0.3 is 14.6 Å². The zero-order valence-electron chi connectivity index (χ0n) is 22.0. The number of nitrogens with zero attached hydrogens (tertiary/aromatic N) is 1. The molecule has 0 radical (unpaired) electrons. The Bertz CT molecular complexity index is 1050. The summed E-state index contributed by atoms with van der Waals surface area (Å²) in [5, 5.41) is 12.2. The van der Waals surface area contributed by atoms with Crippen molar-refractivity contribution in [2.75, 3.05) is 20.2 Å². The highest BCUT2D eigenvalue weighted by Crippen LogP contribution is 2.77. The monoisotopic (exact) mass is 465 g/mol. The zero-order chi connectivity index (χ0) is 23.9. The summed E-state index contributed by atoms with van der Waals surface area (Å²) in [6.45, 7) is 13.3. The van der Waals surface area contributed by atoms with E-state index in [0.717, 1.165) is 30.9 Å². The van der Waals surface area contributed by atoms with Crippen molar-refractivity contribution in [2.45, 2.75) is 108 Å². The second kappa shape index (κ2) is 6.42. The minimum atomic E-state index is -0.846. The second-order valence-corrected chi connectivity index (χ2v) is 14.1. The number of hydrogen-bond acceptors (Lipinski definition) is 4. The van der Waals surface area contributed by atoms with Crippen LogP contribution in [-0.2, 0) is 16.6 Å². The van der Waals surface area contributed by atoms with Gasteiger partial charge in [0.15, 0.2) is 0 Å². The van der Waals surface area contributed by atoms with E-state index < -0.39 is 11.2 Å². The van der Waals surface area contributed by atoms with Gasteiger partial charge in [-0.1, -0.05) is 32.9 Å². The molecule has 4 nitrogen and oxygen atoms in total. The van der Waals surface area contributed by atoms with Crippen LogP contribution in [0.25, 0.3) is 0 Å². The van der Waals surface area contributed by atoms with Crippen LogP contribution < -0.4 is 4.74 Å². The average molecular weight is 466 g/mol. The molecule has 4 bridgehead atoms. The molecule has 4 heteroatoms. The molecule has 5 aliphatic carbocycles. The number of aliphatic hydroxyl groups is 1. The number of hydrogen-bond donors (Lipinski definition) is 1. The van der Waals surface area contributed by atoms with Gasteiger partial charge in [-0.05, 0) is 87.8 Å². The van der Waals surface area contributed by atoms with Crippen molar-refractivity contribution in [3.63, 3.8) is 0 Å². The molecule has 186 valence electrons. The third-order valence-corrected chi connectivity index (χ3v) is 12.1. The lowest BCUT2D eigenvalue weighted by Crippen LogP contribution is -2.83. The minimum Gasteiger partial charge on any atom is -0.486 e. The third kappa shape index (κ3) is 2.29. The highest BCUT2D eigenvalue weighted by atomic mass is 16.6. The summed E-state index contributed by atoms with van der Waals surface area (Å²) in [5.74, 6) is 2.10. The van der Waals surface area contributed by atoms with Crippen molar-refractivity contribution in [2.24, 2.45) is 22.7 Å². The molecule has 34 heavy (non-hydrogen) atoms. The number of ether oxygens (including phenoxy) is 2. The first kappa shape index (κ1) is 22.1. The summed E-state index contributed by atoms with van der Waals surface area (Å²) >= 11 is 0. The van der Waals surface area contributed by atoms with Crippen LogP contribution in [0.2, 0.25) is 0 Å². The standard InChI is InChI=1S/C30H43NO3/c1-18-7-10-20-15-22-28-11-12-30(33-6,21(16-28)27(5,32)26(2,3)4)25-29(28,23(20)24(18)34-25)13-14-31(22)17-19-8-9-19/h7,10,19,21-22,25,32H,8-9,11-17H2,1-6H3. The van der Waals surface area contributed by atoms with E-state index in [2.05, 4.69) is 51.7 Å². The molecule has 7 atom stereocenters. The molecular formula is C30H43NO3. The van der Waals surface area contributed by atoms with Crippen molar-refractivity contribution < 1.29 is 14.6 Å². The number of fused-ring (bicyclic) bond motifs is 2. The highest BCUT2D eigenvalue weighted by Gasteiger charge is 2.82. The molecule has 0 amide bonds. The van der Waals surface area contributed by atoms with E-state index in [1.165, 1.54) is 55.5 Å². The Labute approximate surface area is 205 Å². The van der Waals surface area contributed by atoms with Crippen LogP contribution >= 0.6 is 0 Å². The summed E-state index contributed by atoms with van der Waals surface area (Å²) in [4.78, 5) is 2.88.